The predicted octanol–water partition coefficient (Wildman–Crippen LogP) is 3.05. The summed E-state index contributed by atoms with van der Waals surface area (Å²) in [5.74, 6) is -1.07. The number of sulfonamides is 1. The van der Waals surface area contributed by atoms with E-state index in [0.717, 1.165) is 0 Å². The number of esters is 1. The zero-order valence-electron chi connectivity index (χ0n) is 17.5. The number of carbonyl (C=O) groups is 2. The Bertz CT molecular complexity index is 1040. The summed E-state index contributed by atoms with van der Waals surface area (Å²) in [6, 6.07) is 6.49. The summed E-state index contributed by atoms with van der Waals surface area (Å²) < 4.78 is 31.5. The van der Waals surface area contributed by atoms with Crippen LogP contribution in [0.5, 0.6) is 0 Å². The van der Waals surface area contributed by atoms with Crippen molar-refractivity contribution < 1.29 is 22.7 Å². The normalized spacial score (nSPS) is 11.4. The molecule has 2 rings (SSSR count). The second kappa shape index (κ2) is 9.73. The average Bonchev–Trinajstić information content (AvgIpc) is 2.95. The highest BCUT2D eigenvalue weighted by Crippen LogP contribution is 2.21. The number of amides is 1. The number of hydrogen-bond acceptors (Lipinski definition) is 5. The molecule has 0 spiro atoms. The first-order chi connectivity index (χ1) is 14.0. The van der Waals surface area contributed by atoms with Crippen LogP contribution < -0.4 is 10.0 Å². The van der Waals surface area contributed by atoms with Crippen LogP contribution in [0.1, 0.15) is 51.5 Å². The lowest BCUT2D eigenvalue weighted by Gasteiger charge is -2.09. The molecule has 30 heavy (non-hydrogen) atoms. The third-order valence-electron chi connectivity index (χ3n) is 4.23. The van der Waals surface area contributed by atoms with E-state index >= 15 is 0 Å². The van der Waals surface area contributed by atoms with Crippen LogP contribution in [0.3, 0.4) is 0 Å². The largest absolute Gasteiger partial charge is 0.459 e. The summed E-state index contributed by atoms with van der Waals surface area (Å²) >= 11 is 0. The third-order valence-corrected chi connectivity index (χ3v) is 5.55. The first-order valence-corrected chi connectivity index (χ1v) is 11.1. The number of benzene rings is 1. The molecule has 0 fully saturated rings. The van der Waals surface area contributed by atoms with Gasteiger partial charge in [-0.25, -0.2) is 17.9 Å². The zero-order valence-corrected chi connectivity index (χ0v) is 18.4. The topological polar surface area (TPSA) is 117 Å². The minimum absolute atomic E-state index is 0.165. The Labute approximate surface area is 176 Å². The van der Waals surface area contributed by atoms with Gasteiger partial charge in [-0.05, 0) is 51.0 Å². The average molecular weight is 434 g/mol. The quantitative estimate of drug-likeness (QED) is 0.415. The van der Waals surface area contributed by atoms with Crippen LogP contribution in [0.15, 0.2) is 36.9 Å². The molecule has 1 aromatic heterocycles. The Morgan fingerprint density at radius 3 is 2.40 bits per heavy atom. The molecule has 0 aliphatic rings. The van der Waals surface area contributed by atoms with Gasteiger partial charge in [0.2, 0.25) is 10.0 Å². The van der Waals surface area contributed by atoms with Gasteiger partial charge < -0.3 is 15.0 Å². The lowest BCUT2D eigenvalue weighted by Crippen LogP contribution is -2.25. The fourth-order valence-corrected chi connectivity index (χ4v) is 4.00. The first-order valence-electron chi connectivity index (χ1n) is 9.42. The molecule has 1 aromatic carbocycles. The van der Waals surface area contributed by atoms with Crippen LogP contribution in [-0.2, 0) is 20.5 Å². The maximum Gasteiger partial charge on any atom is 0.340 e. The van der Waals surface area contributed by atoms with Crippen molar-refractivity contribution in [1.82, 2.24) is 9.71 Å². The minimum atomic E-state index is -3.46. The minimum Gasteiger partial charge on any atom is -0.459 e. The van der Waals surface area contributed by atoms with Crippen molar-refractivity contribution >= 4 is 27.6 Å². The molecule has 9 heteroatoms. The maximum atomic E-state index is 12.7. The van der Waals surface area contributed by atoms with E-state index in [2.05, 4.69) is 21.6 Å². The second-order valence-electron chi connectivity index (χ2n) is 7.13. The van der Waals surface area contributed by atoms with Crippen molar-refractivity contribution in [3.05, 3.63) is 65.0 Å². The van der Waals surface area contributed by atoms with E-state index in [9.17, 15) is 18.0 Å². The molecule has 162 valence electrons. The van der Waals surface area contributed by atoms with E-state index < -0.39 is 21.9 Å². The van der Waals surface area contributed by atoms with Crippen LogP contribution in [-0.4, -0.2) is 37.9 Å². The van der Waals surface area contributed by atoms with Crippen LogP contribution in [0.2, 0.25) is 0 Å². The van der Waals surface area contributed by atoms with Gasteiger partial charge in [0.25, 0.3) is 5.91 Å². The summed E-state index contributed by atoms with van der Waals surface area (Å²) in [4.78, 5) is 27.9. The summed E-state index contributed by atoms with van der Waals surface area (Å²) in [6.45, 7) is 10.5. The number of H-pyrrole nitrogens is 1. The molecule has 0 atom stereocenters. The van der Waals surface area contributed by atoms with Crippen LogP contribution in [0.4, 0.5) is 5.69 Å². The Morgan fingerprint density at radius 1 is 1.20 bits per heavy atom. The summed E-state index contributed by atoms with van der Waals surface area (Å²) in [5, 5.41) is 2.74. The van der Waals surface area contributed by atoms with Crippen molar-refractivity contribution in [1.29, 1.82) is 0 Å². The van der Waals surface area contributed by atoms with Crippen LogP contribution in [0.25, 0.3) is 0 Å². The third kappa shape index (κ3) is 6.04. The van der Waals surface area contributed by atoms with Gasteiger partial charge in [-0.15, -0.1) is 6.58 Å². The van der Waals surface area contributed by atoms with E-state index in [4.69, 9.17) is 4.74 Å². The lowest BCUT2D eigenvalue weighted by atomic mass is 10.1. The van der Waals surface area contributed by atoms with Gasteiger partial charge in [0, 0.05) is 17.9 Å². The summed E-state index contributed by atoms with van der Waals surface area (Å²) in [6.07, 6.45) is 1.20. The number of aryl methyl sites for hydroxylation is 1. The van der Waals surface area contributed by atoms with Crippen LogP contribution >= 0.6 is 0 Å². The number of hydrogen-bond donors (Lipinski definition) is 3. The highest BCUT2D eigenvalue weighted by Gasteiger charge is 2.23. The Morgan fingerprint density at radius 2 is 1.83 bits per heavy atom. The van der Waals surface area contributed by atoms with Gasteiger partial charge in [0.1, 0.15) is 5.69 Å². The zero-order chi connectivity index (χ0) is 22.5. The SMILES string of the molecule is C=CCNS(=O)(=O)Cc1ccc(NC(=O)c2[nH]c(C)c(C(=O)OC(C)C)c2C)cc1. The Balaban J connectivity index is 2.11. The number of rotatable bonds is 9. The Hall–Kier alpha value is -2.91. The molecular weight excluding hydrogens is 406 g/mol. The van der Waals surface area contributed by atoms with Crippen molar-refractivity contribution in [2.75, 3.05) is 11.9 Å². The van der Waals surface area contributed by atoms with E-state index in [1.165, 1.54) is 6.08 Å². The Kier molecular flexibility index (Phi) is 7.58. The molecule has 3 N–H and O–H groups in total. The second-order valence-corrected chi connectivity index (χ2v) is 8.93. The van der Waals surface area contributed by atoms with E-state index in [0.29, 0.717) is 28.1 Å². The molecule has 2 aromatic rings. The predicted molar refractivity (Wildman–Crippen MR) is 116 cm³/mol. The molecule has 1 heterocycles. The van der Waals surface area contributed by atoms with E-state index in [1.807, 2.05) is 0 Å². The summed E-state index contributed by atoms with van der Waals surface area (Å²) in [7, 11) is -3.46. The molecule has 0 aliphatic carbocycles. The van der Waals surface area contributed by atoms with E-state index in [-0.39, 0.29) is 24.1 Å². The molecule has 0 saturated heterocycles. The molecule has 0 radical (unpaired) electrons. The number of carbonyl (C=O) groups excluding carboxylic acids is 2. The van der Waals surface area contributed by atoms with Gasteiger partial charge in [0.15, 0.2) is 0 Å². The molecule has 1 amide bonds. The van der Waals surface area contributed by atoms with Crippen molar-refractivity contribution in [2.45, 2.75) is 39.6 Å². The van der Waals surface area contributed by atoms with Gasteiger partial charge >= 0.3 is 5.97 Å². The lowest BCUT2D eigenvalue weighted by molar-refractivity contribution is 0.0376. The fraction of sp³-hybridized carbons (Fsp3) is 0.333. The molecule has 0 unspecified atom stereocenters. The highest BCUT2D eigenvalue weighted by atomic mass is 32.2. The number of ether oxygens (including phenoxy) is 1. The molecule has 0 bridgehead atoms. The van der Waals surface area contributed by atoms with Crippen molar-refractivity contribution in [3.63, 3.8) is 0 Å². The van der Waals surface area contributed by atoms with Crippen LogP contribution in [0, 0.1) is 13.8 Å². The highest BCUT2D eigenvalue weighted by molar-refractivity contribution is 7.88. The van der Waals surface area contributed by atoms with E-state index in [1.54, 1.807) is 52.0 Å². The summed E-state index contributed by atoms with van der Waals surface area (Å²) in [5.41, 5.74) is 2.75. The molecule has 8 nitrogen and oxygen atoms in total. The fourth-order valence-electron chi connectivity index (χ4n) is 2.89. The number of nitrogens with one attached hydrogen (secondary N) is 3. The number of aromatic nitrogens is 1. The van der Waals surface area contributed by atoms with Crippen molar-refractivity contribution in [2.24, 2.45) is 0 Å². The van der Waals surface area contributed by atoms with Gasteiger partial charge in [-0.1, -0.05) is 18.2 Å². The first kappa shape index (κ1) is 23.4. The molecule has 0 aliphatic heterocycles. The standard InChI is InChI=1S/C21H27N3O5S/c1-6-11-22-30(27,28)12-16-7-9-17(10-8-16)24-20(25)19-14(4)18(15(5)23-19)21(26)29-13(2)3/h6-10,13,22-23H,1,11-12H2,2-5H3,(H,24,25). The van der Waals surface area contributed by atoms with Gasteiger partial charge in [0.05, 0.1) is 17.4 Å². The maximum absolute atomic E-state index is 12.7. The number of anilines is 1. The van der Waals surface area contributed by atoms with Gasteiger partial charge in [-0.2, -0.15) is 0 Å². The smallest absolute Gasteiger partial charge is 0.340 e. The molecule has 0 saturated carbocycles. The monoisotopic (exact) mass is 433 g/mol. The van der Waals surface area contributed by atoms with Crippen molar-refractivity contribution in [3.8, 4) is 0 Å². The van der Waals surface area contributed by atoms with Gasteiger partial charge in [-0.3, -0.25) is 4.79 Å². The molecular formula is C21H27N3O5S. The number of aromatic amines is 1.